The van der Waals surface area contributed by atoms with E-state index in [1.54, 1.807) is 24.8 Å². The van der Waals surface area contributed by atoms with Crippen LogP contribution in [-0.4, -0.2) is 68.1 Å². The van der Waals surface area contributed by atoms with E-state index < -0.39 is 0 Å². The molecule has 0 N–H and O–H groups in total. The van der Waals surface area contributed by atoms with Gasteiger partial charge >= 0.3 is 0 Å². The fourth-order valence-electron chi connectivity index (χ4n) is 16.4. The first-order chi connectivity index (χ1) is 55.5. The average molecular weight is 1430 g/mol. The first-order valence-corrected chi connectivity index (χ1v) is 37.2. The highest BCUT2D eigenvalue weighted by molar-refractivity contribution is 6.15. The zero-order valence-electron chi connectivity index (χ0n) is 59.9. The lowest BCUT2D eigenvalue weighted by Gasteiger charge is -2.13. The van der Waals surface area contributed by atoms with E-state index in [1.165, 1.54) is 16.3 Å². The third-order valence-corrected chi connectivity index (χ3v) is 21.5. The third kappa shape index (κ3) is 10.8. The summed E-state index contributed by atoms with van der Waals surface area (Å²) in [6.07, 6.45) is 7.07. The van der Waals surface area contributed by atoms with E-state index in [1.807, 2.05) is 60.7 Å². The molecule has 112 heavy (non-hydrogen) atoms. The molecule has 14 aromatic carbocycles. The van der Waals surface area contributed by atoms with Crippen LogP contribution in [0, 0.1) is 0 Å². The minimum absolute atomic E-state index is 0.499. The smallest absolute Gasteiger partial charge is 0.238 e. The highest BCUT2D eigenvalue weighted by atomic mass is 15.2. The largest absolute Gasteiger partial charge is 0.309 e. The molecule has 0 aliphatic rings. The predicted octanol–water partition coefficient (Wildman–Crippen LogP) is 23.0. The molecule has 8 aromatic heterocycles. The van der Waals surface area contributed by atoms with Gasteiger partial charge in [0.1, 0.15) is 0 Å². The molecule has 0 radical (unpaired) electrons. The summed E-state index contributed by atoms with van der Waals surface area (Å²) in [5, 5.41) is 8.97. The Labute approximate surface area is 640 Å². The molecule has 0 unspecified atom stereocenters. The van der Waals surface area contributed by atoms with Crippen molar-refractivity contribution in [3.05, 3.63) is 365 Å². The van der Waals surface area contributed by atoms with Crippen molar-refractivity contribution in [2.24, 2.45) is 0 Å². The van der Waals surface area contributed by atoms with Crippen molar-refractivity contribution in [3.63, 3.8) is 0 Å². The molecule has 0 saturated heterocycles. The Morgan fingerprint density at radius 1 is 0.152 bits per heavy atom. The number of aromatic nitrogens is 14. The lowest BCUT2D eigenvalue weighted by molar-refractivity contribution is 0.953. The molecular weight excluding hydrogens is 1370 g/mol. The molecule has 22 rings (SSSR count). The van der Waals surface area contributed by atoms with Gasteiger partial charge in [-0.1, -0.05) is 218 Å². The summed E-state index contributed by atoms with van der Waals surface area (Å²) in [7, 11) is 0. The molecule has 22 aromatic rings. The lowest BCUT2D eigenvalue weighted by atomic mass is 10.0. The Hall–Kier alpha value is -15.5. The Morgan fingerprint density at radius 3 is 0.911 bits per heavy atom. The van der Waals surface area contributed by atoms with Gasteiger partial charge in [-0.3, -0.25) is 9.13 Å². The molecule has 0 bridgehead atoms. The number of hydrogen-bond acceptors (Lipinski definition) is 10. The monoisotopic (exact) mass is 1430 g/mol. The standard InChI is InChI=1S/C98H60N14/c1-4-22-61(23-5-1)93-103-95(107-97(105-93)111-86-39-17-13-35-78(86)82-58-66(43-47-89(82)111)65-41-46-88-81(57-65)77-34-12-15-37-84(77)110(88)74-55-71(91-99-48-20-49-100-91)54-72(56-74)92-101-50-21-51-102-92)69-28-18-26-63(52-69)64-27-19-29-70(53-64)96-104-94(62-24-6-2-7-25-62)106-98(108-96)112-85-38-16-10-32-75(85)79-44-40-68(60-90(79)112)67-42-45-87-80(59-67)76-33-11-14-36-83(76)109(87)73-30-8-3-9-31-73/h1-60H. The topological polar surface area (TPSA) is 149 Å². The zero-order valence-corrected chi connectivity index (χ0v) is 59.9. The van der Waals surface area contributed by atoms with Crippen LogP contribution in [0.15, 0.2) is 365 Å². The maximum absolute atomic E-state index is 5.47. The van der Waals surface area contributed by atoms with Gasteiger partial charge in [0, 0.05) is 113 Å². The van der Waals surface area contributed by atoms with Gasteiger partial charge in [-0.2, -0.15) is 19.9 Å². The van der Waals surface area contributed by atoms with Crippen molar-refractivity contribution >= 4 is 87.2 Å². The van der Waals surface area contributed by atoms with E-state index in [2.05, 4.69) is 317 Å². The lowest BCUT2D eigenvalue weighted by Crippen LogP contribution is -2.06. The number of benzene rings is 14. The molecular formula is C98H60N14. The number of fused-ring (bicyclic) bond motifs is 12. The van der Waals surface area contributed by atoms with Gasteiger partial charge in [0.2, 0.25) is 11.9 Å². The number of nitrogens with zero attached hydrogens (tertiary/aromatic N) is 14. The molecule has 0 atom stereocenters. The van der Waals surface area contributed by atoms with Crippen LogP contribution < -0.4 is 0 Å². The Morgan fingerprint density at radius 2 is 0.455 bits per heavy atom. The van der Waals surface area contributed by atoms with Crippen molar-refractivity contribution in [3.8, 4) is 125 Å². The van der Waals surface area contributed by atoms with Crippen molar-refractivity contribution in [2.75, 3.05) is 0 Å². The number of hydrogen-bond donors (Lipinski definition) is 0. The molecule has 0 amide bonds. The molecule has 0 saturated carbocycles. The molecule has 0 fully saturated rings. The van der Waals surface area contributed by atoms with Crippen LogP contribution in [0.2, 0.25) is 0 Å². The van der Waals surface area contributed by atoms with Gasteiger partial charge in [-0.05, 0) is 155 Å². The SMILES string of the molecule is c1ccc(-c2nc(-c3cccc(-c4cccc(-c5nc(-c6ccccc6)nc(-n6c7ccccc7c7ccc(-c8ccc9c(c8)c8ccccc8n9-c8ccccc8)cc76)n5)c4)c3)nc(-n3c4ccccc4c4cc(-c5ccc6c(c5)c5ccccc5n6-c5cc(-c6ncccn6)cc(-c6ncccn6)c5)ccc43)n2)cc1. The molecule has 14 heteroatoms. The summed E-state index contributed by atoms with van der Waals surface area (Å²) in [5.41, 5.74) is 21.8. The van der Waals surface area contributed by atoms with Crippen LogP contribution in [-0.2, 0) is 0 Å². The van der Waals surface area contributed by atoms with Crippen molar-refractivity contribution < 1.29 is 0 Å². The zero-order chi connectivity index (χ0) is 73.7. The van der Waals surface area contributed by atoms with Crippen molar-refractivity contribution in [1.82, 2.24) is 68.1 Å². The van der Waals surface area contributed by atoms with Crippen LogP contribution in [0.4, 0.5) is 0 Å². The summed E-state index contributed by atoms with van der Waals surface area (Å²) in [6, 6.07) is 119. The van der Waals surface area contributed by atoms with Crippen LogP contribution in [0.1, 0.15) is 0 Å². The fraction of sp³-hybridized carbons (Fsp3) is 0. The van der Waals surface area contributed by atoms with Crippen molar-refractivity contribution in [1.29, 1.82) is 0 Å². The van der Waals surface area contributed by atoms with Crippen LogP contribution >= 0.6 is 0 Å². The van der Waals surface area contributed by atoms with Gasteiger partial charge in [0.25, 0.3) is 0 Å². The van der Waals surface area contributed by atoms with E-state index in [0.29, 0.717) is 46.8 Å². The number of para-hydroxylation sites is 5. The fourth-order valence-corrected chi connectivity index (χ4v) is 16.4. The molecule has 14 nitrogen and oxygen atoms in total. The Balaban J connectivity index is 0.633. The molecule has 0 aliphatic heterocycles. The minimum Gasteiger partial charge on any atom is -0.309 e. The third-order valence-electron chi connectivity index (χ3n) is 21.5. The maximum Gasteiger partial charge on any atom is 0.238 e. The van der Waals surface area contributed by atoms with Crippen LogP contribution in [0.25, 0.3) is 212 Å². The van der Waals surface area contributed by atoms with Crippen LogP contribution in [0.3, 0.4) is 0 Å². The van der Waals surface area contributed by atoms with E-state index in [0.717, 1.165) is 149 Å². The second-order valence-corrected chi connectivity index (χ2v) is 28.0. The van der Waals surface area contributed by atoms with Gasteiger partial charge in [0.15, 0.2) is 34.9 Å². The van der Waals surface area contributed by atoms with Gasteiger partial charge in [0.05, 0.1) is 44.1 Å². The first kappa shape index (κ1) is 63.7. The molecule has 0 spiro atoms. The molecule has 8 heterocycles. The van der Waals surface area contributed by atoms with E-state index >= 15 is 0 Å². The predicted molar refractivity (Wildman–Crippen MR) is 451 cm³/mol. The van der Waals surface area contributed by atoms with Crippen molar-refractivity contribution in [2.45, 2.75) is 0 Å². The second-order valence-electron chi connectivity index (χ2n) is 28.0. The van der Waals surface area contributed by atoms with E-state index in [-0.39, 0.29) is 0 Å². The average Bonchev–Trinajstić information content (AvgIpc) is 1.59. The summed E-state index contributed by atoms with van der Waals surface area (Å²) < 4.78 is 9.05. The first-order valence-electron chi connectivity index (χ1n) is 37.2. The Bertz CT molecular complexity index is 7440. The van der Waals surface area contributed by atoms with E-state index in [4.69, 9.17) is 29.9 Å². The summed E-state index contributed by atoms with van der Waals surface area (Å²) >= 11 is 0. The highest BCUT2D eigenvalue weighted by Crippen LogP contribution is 2.43. The highest BCUT2D eigenvalue weighted by Gasteiger charge is 2.24. The summed E-state index contributed by atoms with van der Waals surface area (Å²) in [5.74, 6) is 4.43. The summed E-state index contributed by atoms with van der Waals surface area (Å²) in [6.45, 7) is 0. The normalized spacial score (nSPS) is 11.8. The molecule has 0 aliphatic carbocycles. The van der Waals surface area contributed by atoms with Gasteiger partial charge < -0.3 is 9.13 Å². The van der Waals surface area contributed by atoms with E-state index in [9.17, 15) is 0 Å². The van der Waals surface area contributed by atoms with Crippen LogP contribution in [0.5, 0.6) is 0 Å². The summed E-state index contributed by atoms with van der Waals surface area (Å²) in [4.78, 5) is 50.9. The quantitative estimate of drug-likeness (QED) is 0.109. The Kier molecular flexibility index (Phi) is 14.9. The minimum atomic E-state index is 0.499. The van der Waals surface area contributed by atoms with Gasteiger partial charge in [-0.25, -0.2) is 29.9 Å². The molecule has 522 valence electrons. The van der Waals surface area contributed by atoms with Gasteiger partial charge in [-0.15, -0.1) is 0 Å². The maximum atomic E-state index is 5.47. The second kappa shape index (κ2) is 26.2. The number of rotatable bonds is 13.